The number of carbonyl (C=O) groups is 2. The van der Waals surface area contributed by atoms with Crippen LogP contribution in [0.3, 0.4) is 0 Å². The summed E-state index contributed by atoms with van der Waals surface area (Å²) in [6, 6.07) is 5.05. The molecule has 1 aromatic carbocycles. The number of benzene rings is 1. The molecule has 0 aromatic heterocycles. The normalized spacial score (nSPS) is 14.2. The number of rotatable bonds is 7. The molecule has 22 heavy (non-hydrogen) atoms. The highest BCUT2D eigenvalue weighted by Gasteiger charge is 2.24. The fourth-order valence-corrected chi connectivity index (χ4v) is 2.41. The van der Waals surface area contributed by atoms with E-state index in [9.17, 15) is 18.0 Å². The Morgan fingerprint density at radius 1 is 1.27 bits per heavy atom. The zero-order valence-corrected chi connectivity index (χ0v) is 13.4. The van der Waals surface area contributed by atoms with Crippen LogP contribution in [0, 0.1) is 5.92 Å². The van der Waals surface area contributed by atoms with Crippen LogP contribution in [0.15, 0.2) is 29.2 Å². The summed E-state index contributed by atoms with van der Waals surface area (Å²) >= 11 is 0. The maximum atomic E-state index is 11.9. The molecule has 0 spiro atoms. The van der Waals surface area contributed by atoms with Gasteiger partial charge in [0, 0.05) is 19.2 Å². The summed E-state index contributed by atoms with van der Waals surface area (Å²) in [7, 11) is -2.80. The highest BCUT2D eigenvalue weighted by molar-refractivity contribution is 7.85. The number of anilines is 1. The third kappa shape index (κ3) is 5.21. The molecule has 0 radical (unpaired) electrons. The van der Waals surface area contributed by atoms with Gasteiger partial charge in [0.1, 0.15) is 5.78 Å². The van der Waals surface area contributed by atoms with Gasteiger partial charge in [0.2, 0.25) is 5.91 Å². The van der Waals surface area contributed by atoms with Crippen molar-refractivity contribution in [3.8, 4) is 0 Å². The molecular weight excluding hydrogens is 310 g/mol. The minimum absolute atomic E-state index is 0.0373. The Balaban J connectivity index is 2.74. The predicted octanol–water partition coefficient (Wildman–Crippen LogP) is 1.50. The third-order valence-corrected chi connectivity index (χ3v) is 4.17. The van der Waals surface area contributed by atoms with Gasteiger partial charge in [-0.1, -0.05) is 0 Å². The van der Waals surface area contributed by atoms with Crippen molar-refractivity contribution in [3.63, 3.8) is 0 Å². The van der Waals surface area contributed by atoms with Crippen molar-refractivity contribution in [2.45, 2.75) is 31.3 Å². The lowest BCUT2D eigenvalue weighted by molar-refractivity contribution is -0.129. The summed E-state index contributed by atoms with van der Waals surface area (Å²) in [6.45, 7) is 3.11. The van der Waals surface area contributed by atoms with Gasteiger partial charge in [0.25, 0.3) is 10.1 Å². The maximum Gasteiger partial charge on any atom is 0.294 e. The molecule has 0 saturated carbocycles. The fourth-order valence-electron chi connectivity index (χ4n) is 1.93. The Morgan fingerprint density at radius 3 is 2.23 bits per heavy atom. The molecule has 122 valence electrons. The minimum atomic E-state index is -4.27. The molecular formula is C14H19NO6S. The summed E-state index contributed by atoms with van der Waals surface area (Å²) < 4.78 is 35.8. The summed E-state index contributed by atoms with van der Waals surface area (Å²) in [6.07, 6.45) is -0.421. The first-order chi connectivity index (χ1) is 10.1. The lowest BCUT2D eigenvalue weighted by Gasteiger charge is -2.19. The first-order valence-corrected chi connectivity index (χ1v) is 7.99. The monoisotopic (exact) mass is 329 g/mol. The number of carbonyl (C=O) groups excluding carboxylic acids is 2. The largest absolute Gasteiger partial charge is 0.381 e. The lowest BCUT2D eigenvalue weighted by atomic mass is 9.95. The Morgan fingerprint density at radius 2 is 1.82 bits per heavy atom. The van der Waals surface area contributed by atoms with Crippen LogP contribution in [0.1, 0.15) is 20.3 Å². The molecule has 2 atom stereocenters. The maximum absolute atomic E-state index is 11.9. The number of ether oxygens (including phenoxy) is 1. The van der Waals surface area contributed by atoms with Crippen LogP contribution in [0.25, 0.3) is 0 Å². The molecule has 0 aliphatic rings. The second kappa shape index (κ2) is 7.48. The molecule has 1 aromatic rings. The van der Waals surface area contributed by atoms with Crippen LogP contribution in [-0.4, -0.2) is 37.9 Å². The Kier molecular flexibility index (Phi) is 6.21. The number of Topliss-reactive ketones (excluding diaryl/α,β-unsaturated/α-hetero) is 1. The zero-order valence-electron chi connectivity index (χ0n) is 12.6. The standard InChI is InChI=1S/C14H19NO6S/c1-9(16)13(10(2)21-3)8-14(17)15-11-4-6-12(7-5-11)22(18,19)20/h4-7,10,13H,8H2,1-3H3,(H,15,17)(H,18,19,20). The molecule has 1 rings (SSSR count). The van der Waals surface area contributed by atoms with Gasteiger partial charge in [-0.15, -0.1) is 0 Å². The van der Waals surface area contributed by atoms with Crippen LogP contribution < -0.4 is 5.32 Å². The van der Waals surface area contributed by atoms with E-state index in [1.54, 1.807) is 6.92 Å². The SMILES string of the molecule is COC(C)C(CC(=O)Nc1ccc(S(=O)(=O)O)cc1)C(C)=O. The first-order valence-electron chi connectivity index (χ1n) is 6.55. The van der Waals surface area contributed by atoms with E-state index < -0.39 is 16.0 Å². The van der Waals surface area contributed by atoms with E-state index in [0.717, 1.165) is 0 Å². The Bertz CT molecular complexity index is 638. The third-order valence-electron chi connectivity index (χ3n) is 3.30. The molecule has 0 aliphatic carbocycles. The minimum Gasteiger partial charge on any atom is -0.381 e. The van der Waals surface area contributed by atoms with Gasteiger partial charge in [0.15, 0.2) is 0 Å². The van der Waals surface area contributed by atoms with Crippen molar-refractivity contribution >= 4 is 27.5 Å². The van der Waals surface area contributed by atoms with Crippen molar-refractivity contribution in [1.29, 1.82) is 0 Å². The van der Waals surface area contributed by atoms with Crippen LogP contribution in [0.2, 0.25) is 0 Å². The quantitative estimate of drug-likeness (QED) is 0.734. The first kappa shape index (κ1) is 18.3. The lowest BCUT2D eigenvalue weighted by Crippen LogP contribution is -2.30. The smallest absolute Gasteiger partial charge is 0.294 e. The number of hydrogen-bond acceptors (Lipinski definition) is 5. The van der Waals surface area contributed by atoms with Crippen LogP contribution >= 0.6 is 0 Å². The predicted molar refractivity (Wildman–Crippen MR) is 80.1 cm³/mol. The number of ketones is 1. The summed E-state index contributed by atoms with van der Waals surface area (Å²) in [4.78, 5) is 23.2. The number of hydrogen-bond donors (Lipinski definition) is 2. The van der Waals surface area contributed by atoms with Crippen LogP contribution in [0.5, 0.6) is 0 Å². The van der Waals surface area contributed by atoms with E-state index in [4.69, 9.17) is 9.29 Å². The van der Waals surface area contributed by atoms with Crippen molar-refractivity contribution < 1.29 is 27.3 Å². The molecule has 0 bridgehead atoms. The van der Waals surface area contributed by atoms with Crippen molar-refractivity contribution in [2.24, 2.45) is 5.92 Å². The van der Waals surface area contributed by atoms with Gasteiger partial charge in [-0.2, -0.15) is 8.42 Å². The molecule has 0 aliphatic heterocycles. The number of amides is 1. The Labute approximate surface area is 129 Å². The highest BCUT2D eigenvalue weighted by atomic mass is 32.2. The van der Waals surface area contributed by atoms with Crippen molar-refractivity contribution in [3.05, 3.63) is 24.3 Å². The van der Waals surface area contributed by atoms with Gasteiger partial charge in [-0.05, 0) is 38.1 Å². The molecule has 8 heteroatoms. The second-order valence-corrected chi connectivity index (χ2v) is 6.33. The number of methoxy groups -OCH3 is 1. The van der Waals surface area contributed by atoms with E-state index >= 15 is 0 Å². The molecule has 2 unspecified atom stereocenters. The molecule has 2 N–H and O–H groups in total. The van der Waals surface area contributed by atoms with Gasteiger partial charge >= 0.3 is 0 Å². The number of nitrogens with one attached hydrogen (secondary N) is 1. The molecule has 7 nitrogen and oxygen atoms in total. The van der Waals surface area contributed by atoms with E-state index in [0.29, 0.717) is 5.69 Å². The van der Waals surface area contributed by atoms with E-state index in [2.05, 4.69) is 5.32 Å². The Hall–Kier alpha value is -1.77. The van der Waals surface area contributed by atoms with Crippen LogP contribution in [-0.2, 0) is 24.4 Å². The van der Waals surface area contributed by atoms with Gasteiger partial charge in [-0.25, -0.2) is 0 Å². The van der Waals surface area contributed by atoms with E-state index in [-0.39, 0.29) is 29.1 Å². The average molecular weight is 329 g/mol. The van der Waals surface area contributed by atoms with E-state index in [1.165, 1.54) is 38.3 Å². The van der Waals surface area contributed by atoms with Gasteiger partial charge in [0.05, 0.1) is 16.9 Å². The summed E-state index contributed by atoms with van der Waals surface area (Å²) in [5.74, 6) is -1.09. The van der Waals surface area contributed by atoms with Gasteiger partial charge < -0.3 is 10.1 Å². The molecule has 1 amide bonds. The van der Waals surface area contributed by atoms with Crippen molar-refractivity contribution in [1.82, 2.24) is 0 Å². The topological polar surface area (TPSA) is 110 Å². The van der Waals surface area contributed by atoms with Crippen LogP contribution in [0.4, 0.5) is 5.69 Å². The molecule has 0 saturated heterocycles. The zero-order chi connectivity index (χ0) is 16.9. The fraction of sp³-hybridized carbons (Fsp3) is 0.429. The summed E-state index contributed by atoms with van der Waals surface area (Å²) in [5.41, 5.74) is 0.366. The summed E-state index contributed by atoms with van der Waals surface area (Å²) in [5, 5.41) is 2.56. The van der Waals surface area contributed by atoms with Gasteiger partial charge in [-0.3, -0.25) is 14.1 Å². The van der Waals surface area contributed by atoms with E-state index in [1.807, 2.05) is 0 Å². The highest BCUT2D eigenvalue weighted by Crippen LogP contribution is 2.17. The molecule has 0 fully saturated rings. The second-order valence-electron chi connectivity index (χ2n) is 4.91. The molecule has 0 heterocycles. The average Bonchev–Trinajstić information content (AvgIpc) is 2.43. The van der Waals surface area contributed by atoms with Crippen molar-refractivity contribution in [2.75, 3.05) is 12.4 Å².